The topological polar surface area (TPSA) is 54.5 Å². The van der Waals surface area contributed by atoms with Gasteiger partial charge < -0.3 is 0 Å². The molecule has 0 spiro atoms. The highest BCUT2D eigenvalue weighted by molar-refractivity contribution is 5.98. The Bertz CT molecular complexity index is 664. The molecule has 0 saturated heterocycles. The van der Waals surface area contributed by atoms with E-state index < -0.39 is 11.6 Å². The van der Waals surface area contributed by atoms with Crippen molar-refractivity contribution in [3.8, 4) is 0 Å². The van der Waals surface area contributed by atoms with E-state index in [0.717, 1.165) is 12.1 Å². The van der Waals surface area contributed by atoms with Gasteiger partial charge in [0.2, 0.25) is 5.91 Å². The van der Waals surface area contributed by atoms with Gasteiger partial charge in [-0.15, -0.1) is 0 Å². The first kappa shape index (κ1) is 14.9. The number of rotatable bonds is 4. The third-order valence-corrected chi connectivity index (χ3v) is 2.67. The van der Waals surface area contributed by atoms with E-state index in [-0.39, 0.29) is 17.4 Å². The van der Waals surface area contributed by atoms with Crippen LogP contribution in [-0.2, 0) is 9.63 Å². The van der Waals surface area contributed by atoms with Gasteiger partial charge in [-0.25, -0.2) is 13.8 Å². The fourth-order valence-corrected chi connectivity index (χ4v) is 1.82. The highest BCUT2D eigenvalue weighted by Gasteiger charge is 2.17. The van der Waals surface area contributed by atoms with Crippen LogP contribution in [0.5, 0.6) is 0 Å². The van der Waals surface area contributed by atoms with E-state index in [1.807, 2.05) is 0 Å². The van der Waals surface area contributed by atoms with Gasteiger partial charge in [-0.3, -0.25) is 20.0 Å². The molecule has 110 valence electrons. The highest BCUT2D eigenvalue weighted by Crippen LogP contribution is 2.27. The Labute approximate surface area is 120 Å². The van der Waals surface area contributed by atoms with Crippen LogP contribution in [0.25, 0.3) is 0 Å². The Balaban J connectivity index is 2.45. The first-order chi connectivity index (χ1) is 10.0. The van der Waals surface area contributed by atoms with E-state index in [9.17, 15) is 13.6 Å². The minimum Gasteiger partial charge on any atom is -0.279 e. The van der Waals surface area contributed by atoms with Gasteiger partial charge in [-0.1, -0.05) is 0 Å². The van der Waals surface area contributed by atoms with Crippen LogP contribution in [0.3, 0.4) is 0 Å². The third-order valence-electron chi connectivity index (χ3n) is 2.67. The molecule has 1 aromatic heterocycles. The monoisotopic (exact) mass is 293 g/mol. The normalized spacial score (nSPS) is 10.3. The largest absolute Gasteiger partial charge is 0.279 e. The lowest BCUT2D eigenvalue weighted by atomic mass is 10.2. The van der Waals surface area contributed by atoms with Gasteiger partial charge in [0.1, 0.15) is 5.82 Å². The molecule has 0 radical (unpaired) electrons. The summed E-state index contributed by atoms with van der Waals surface area (Å²) in [5.74, 6) is -2.14. The lowest BCUT2D eigenvalue weighted by Gasteiger charge is -2.20. The van der Waals surface area contributed by atoms with Gasteiger partial charge >= 0.3 is 0 Å². The second-order valence-electron chi connectivity index (χ2n) is 4.16. The third kappa shape index (κ3) is 3.32. The van der Waals surface area contributed by atoms with Crippen LogP contribution >= 0.6 is 0 Å². The number of amides is 1. The second-order valence-corrected chi connectivity index (χ2v) is 4.16. The first-order valence-corrected chi connectivity index (χ1v) is 6.03. The Morgan fingerprint density at radius 1 is 1.24 bits per heavy atom. The summed E-state index contributed by atoms with van der Waals surface area (Å²) in [6.07, 6.45) is 1.46. The molecule has 5 nitrogen and oxygen atoms in total. The minimum absolute atomic E-state index is 0.184. The molecule has 1 amide bonds. The van der Waals surface area contributed by atoms with Crippen LogP contribution < -0.4 is 10.4 Å². The number of nitrogens with one attached hydrogen (secondary N) is 1. The number of halogens is 2. The summed E-state index contributed by atoms with van der Waals surface area (Å²) in [5.41, 5.74) is 3.35. The molecule has 0 saturated carbocycles. The van der Waals surface area contributed by atoms with Crippen molar-refractivity contribution >= 4 is 23.1 Å². The molecule has 7 heteroatoms. The summed E-state index contributed by atoms with van der Waals surface area (Å²) in [5, 5.41) is 0. The fraction of sp³-hybridized carbons (Fsp3) is 0.143. The number of hydrogen-bond donors (Lipinski definition) is 1. The number of carbonyl (C=O) groups is 1. The zero-order valence-electron chi connectivity index (χ0n) is 11.4. The second kappa shape index (κ2) is 6.27. The maximum atomic E-state index is 13.4. The lowest BCUT2D eigenvalue weighted by molar-refractivity contribution is -0.115. The summed E-state index contributed by atoms with van der Waals surface area (Å²) in [7, 11) is 1.44. The maximum Gasteiger partial charge on any atom is 0.229 e. The van der Waals surface area contributed by atoms with Crippen molar-refractivity contribution in [2.45, 2.75) is 6.92 Å². The quantitative estimate of drug-likeness (QED) is 0.880. The van der Waals surface area contributed by atoms with E-state index in [4.69, 9.17) is 4.84 Å². The highest BCUT2D eigenvalue weighted by atomic mass is 19.2. The number of carbonyl (C=O) groups excluding carboxylic acids is 1. The van der Waals surface area contributed by atoms with Gasteiger partial charge in [0.25, 0.3) is 0 Å². The lowest BCUT2D eigenvalue weighted by Crippen LogP contribution is -2.24. The number of hydrogen-bond acceptors (Lipinski definition) is 4. The zero-order chi connectivity index (χ0) is 15.4. The smallest absolute Gasteiger partial charge is 0.229 e. The number of nitrogens with zero attached hydrogens (tertiary/aromatic N) is 2. The average Bonchev–Trinajstić information content (AvgIpc) is 2.43. The standard InChI is InChI=1S/C14H13F2N3O2/c1-9(20)19(11-3-4-12(15)13(16)8-11)14-7-10(18-21-2)5-6-17-14/h3-8H,1-2H3,(H,17,18). The molecule has 21 heavy (non-hydrogen) atoms. The molecule has 0 fully saturated rings. The van der Waals surface area contributed by atoms with E-state index in [0.29, 0.717) is 5.69 Å². The number of pyridine rings is 1. The molecule has 1 aromatic carbocycles. The number of aromatic nitrogens is 1. The fourth-order valence-electron chi connectivity index (χ4n) is 1.82. The molecular formula is C14H13F2N3O2. The maximum absolute atomic E-state index is 13.4. The molecule has 0 aliphatic carbocycles. The van der Waals surface area contributed by atoms with Crippen molar-refractivity contribution < 1.29 is 18.4 Å². The zero-order valence-corrected chi connectivity index (χ0v) is 11.4. The van der Waals surface area contributed by atoms with Crippen molar-refractivity contribution in [2.24, 2.45) is 0 Å². The summed E-state index contributed by atoms with van der Waals surface area (Å²) in [6, 6.07) is 6.38. The summed E-state index contributed by atoms with van der Waals surface area (Å²) < 4.78 is 26.4. The van der Waals surface area contributed by atoms with E-state index in [1.54, 1.807) is 12.1 Å². The van der Waals surface area contributed by atoms with Crippen LogP contribution in [0.15, 0.2) is 36.5 Å². The van der Waals surface area contributed by atoms with Crippen LogP contribution in [0.1, 0.15) is 6.92 Å². The number of anilines is 3. The van der Waals surface area contributed by atoms with E-state index in [2.05, 4.69) is 10.5 Å². The van der Waals surface area contributed by atoms with Crippen molar-refractivity contribution in [1.29, 1.82) is 0 Å². The van der Waals surface area contributed by atoms with Gasteiger partial charge in [-0.05, 0) is 18.2 Å². The van der Waals surface area contributed by atoms with Gasteiger partial charge in [0.15, 0.2) is 11.6 Å². The molecule has 0 aliphatic heterocycles. The molecular weight excluding hydrogens is 280 g/mol. The first-order valence-electron chi connectivity index (χ1n) is 6.03. The van der Waals surface area contributed by atoms with Crippen molar-refractivity contribution in [2.75, 3.05) is 17.5 Å². The van der Waals surface area contributed by atoms with E-state index in [1.165, 1.54) is 31.2 Å². The van der Waals surface area contributed by atoms with Gasteiger partial charge in [0.05, 0.1) is 18.5 Å². The average molecular weight is 293 g/mol. The molecule has 0 unspecified atom stereocenters. The molecule has 0 bridgehead atoms. The van der Waals surface area contributed by atoms with Crippen molar-refractivity contribution in [3.63, 3.8) is 0 Å². The molecule has 1 heterocycles. The van der Waals surface area contributed by atoms with Gasteiger partial charge in [0, 0.05) is 25.3 Å². The Morgan fingerprint density at radius 2 is 2.00 bits per heavy atom. The van der Waals surface area contributed by atoms with Crippen molar-refractivity contribution in [1.82, 2.24) is 4.98 Å². The van der Waals surface area contributed by atoms with Crippen LogP contribution in [0.4, 0.5) is 26.0 Å². The van der Waals surface area contributed by atoms with Gasteiger partial charge in [-0.2, -0.15) is 0 Å². The Kier molecular flexibility index (Phi) is 4.44. The summed E-state index contributed by atoms with van der Waals surface area (Å²) in [6.45, 7) is 1.30. The van der Waals surface area contributed by atoms with E-state index >= 15 is 0 Å². The Hall–Kier alpha value is -2.54. The van der Waals surface area contributed by atoms with Crippen LogP contribution in [-0.4, -0.2) is 18.0 Å². The summed E-state index contributed by atoms with van der Waals surface area (Å²) >= 11 is 0. The summed E-state index contributed by atoms with van der Waals surface area (Å²) in [4.78, 5) is 21.8. The Morgan fingerprint density at radius 3 is 2.62 bits per heavy atom. The predicted octanol–water partition coefficient (Wildman–Crippen LogP) is 3.02. The molecule has 0 aliphatic rings. The van der Waals surface area contributed by atoms with Crippen molar-refractivity contribution in [3.05, 3.63) is 48.2 Å². The molecule has 0 atom stereocenters. The molecule has 1 N–H and O–H groups in total. The SMILES string of the molecule is CONc1ccnc(N(C(C)=O)c2ccc(F)c(F)c2)c1. The minimum atomic E-state index is -1.04. The molecule has 2 rings (SSSR count). The number of benzene rings is 1. The predicted molar refractivity (Wildman–Crippen MR) is 74.0 cm³/mol. The van der Waals surface area contributed by atoms with Crippen LogP contribution in [0.2, 0.25) is 0 Å². The van der Waals surface area contributed by atoms with Crippen LogP contribution in [0, 0.1) is 11.6 Å². The molecule has 2 aromatic rings.